The van der Waals surface area contributed by atoms with Crippen LogP contribution in [0.5, 0.6) is 0 Å². The first-order valence-corrected chi connectivity index (χ1v) is 4.94. The summed E-state index contributed by atoms with van der Waals surface area (Å²) in [5.41, 5.74) is -1.61. The molecule has 0 fully saturated rings. The van der Waals surface area contributed by atoms with Gasteiger partial charge in [0.2, 0.25) is 0 Å². The third-order valence-corrected chi connectivity index (χ3v) is 2.21. The predicted octanol–water partition coefficient (Wildman–Crippen LogP) is 2.86. The summed E-state index contributed by atoms with van der Waals surface area (Å²) in [6.45, 7) is 0. The third kappa shape index (κ3) is 2.68. The van der Waals surface area contributed by atoms with E-state index in [9.17, 15) is 31.1 Å². The Hall–Kier alpha value is -2.26. The Balaban J connectivity index is 2.53. The second-order valence-corrected chi connectivity index (χ2v) is 3.63. The molecule has 4 nitrogen and oxygen atoms in total. The van der Waals surface area contributed by atoms with Crippen molar-refractivity contribution in [2.75, 3.05) is 0 Å². The molecule has 0 radical (unpaired) electrons. The normalized spacial score (nSPS) is 12.7. The first-order valence-electron chi connectivity index (χ1n) is 4.94. The van der Waals surface area contributed by atoms with Crippen LogP contribution in [0, 0.1) is 0 Å². The van der Waals surface area contributed by atoms with Gasteiger partial charge in [0.25, 0.3) is 0 Å². The van der Waals surface area contributed by atoms with Crippen molar-refractivity contribution in [3.05, 3.63) is 46.3 Å². The highest BCUT2D eigenvalue weighted by Crippen LogP contribution is 2.30. The van der Waals surface area contributed by atoms with Crippen LogP contribution >= 0.6 is 0 Å². The fourth-order valence-corrected chi connectivity index (χ4v) is 1.37. The van der Waals surface area contributed by atoms with Crippen LogP contribution in [-0.2, 0) is 12.4 Å². The van der Waals surface area contributed by atoms with Crippen molar-refractivity contribution in [3.8, 4) is 5.69 Å². The zero-order chi connectivity index (χ0) is 15.1. The number of hydrogen-bond donors (Lipinski definition) is 0. The van der Waals surface area contributed by atoms with E-state index in [4.69, 9.17) is 0 Å². The second kappa shape index (κ2) is 4.39. The Kier molecular flexibility index (Phi) is 3.11. The minimum atomic E-state index is -5.01. The molecule has 10 heteroatoms. The molecule has 0 amide bonds. The van der Waals surface area contributed by atoms with Crippen LogP contribution < -0.4 is 5.76 Å². The first-order chi connectivity index (χ1) is 9.09. The van der Waals surface area contributed by atoms with Crippen LogP contribution in [0.1, 0.15) is 11.5 Å². The Morgan fingerprint density at radius 1 is 1.05 bits per heavy atom. The zero-order valence-electron chi connectivity index (χ0n) is 9.29. The van der Waals surface area contributed by atoms with Crippen LogP contribution in [-0.4, -0.2) is 9.78 Å². The minimum Gasteiger partial charge on any atom is -0.383 e. The van der Waals surface area contributed by atoms with E-state index >= 15 is 0 Å². The molecule has 0 saturated heterocycles. The highest BCUT2D eigenvalue weighted by atomic mass is 19.4. The molecule has 0 aliphatic rings. The molecule has 0 aliphatic carbocycles. The third-order valence-electron chi connectivity index (χ3n) is 2.21. The van der Waals surface area contributed by atoms with Gasteiger partial charge in [0, 0.05) is 0 Å². The topological polar surface area (TPSA) is 48.0 Å². The van der Waals surface area contributed by atoms with Gasteiger partial charge in [0.05, 0.1) is 11.3 Å². The standard InChI is InChI=1S/C10H4F6N2O2/c11-9(12,13)5-2-1-3-6(4-5)18-8(19)20-7(17-18)10(14,15)16/h1-4H. The molecule has 0 bridgehead atoms. The molecule has 0 aliphatic heterocycles. The number of halogens is 6. The molecular weight excluding hydrogens is 294 g/mol. The molecule has 108 valence electrons. The van der Waals surface area contributed by atoms with Gasteiger partial charge in [-0.2, -0.15) is 31.0 Å². The van der Waals surface area contributed by atoms with Crippen LogP contribution in [0.4, 0.5) is 26.3 Å². The summed E-state index contributed by atoms with van der Waals surface area (Å²) in [7, 11) is 0. The maximum absolute atomic E-state index is 12.5. The van der Waals surface area contributed by atoms with Crippen molar-refractivity contribution in [1.29, 1.82) is 0 Å². The molecule has 0 N–H and O–H groups in total. The largest absolute Gasteiger partial charge is 0.470 e. The first kappa shape index (κ1) is 14.2. The Morgan fingerprint density at radius 3 is 2.20 bits per heavy atom. The second-order valence-electron chi connectivity index (χ2n) is 3.63. The molecule has 2 aromatic rings. The highest BCUT2D eigenvalue weighted by Gasteiger charge is 2.39. The van der Waals surface area contributed by atoms with E-state index in [0.29, 0.717) is 12.1 Å². The fraction of sp³-hybridized carbons (Fsp3) is 0.200. The lowest BCUT2D eigenvalue weighted by atomic mass is 10.2. The minimum absolute atomic E-state index is 0.109. The van der Waals surface area contributed by atoms with Crippen molar-refractivity contribution in [2.45, 2.75) is 12.4 Å². The number of alkyl halides is 6. The fourth-order valence-electron chi connectivity index (χ4n) is 1.37. The van der Waals surface area contributed by atoms with E-state index in [2.05, 4.69) is 9.52 Å². The van der Waals surface area contributed by atoms with E-state index < -0.39 is 35.3 Å². The number of nitrogens with zero attached hydrogens (tertiary/aromatic N) is 2. The summed E-state index contributed by atoms with van der Waals surface area (Å²) in [6, 6.07) is 3.13. The molecule has 20 heavy (non-hydrogen) atoms. The lowest BCUT2D eigenvalue weighted by molar-refractivity contribution is -0.157. The van der Waals surface area contributed by atoms with Gasteiger partial charge >= 0.3 is 24.0 Å². The monoisotopic (exact) mass is 298 g/mol. The van der Waals surface area contributed by atoms with E-state index in [-0.39, 0.29) is 4.68 Å². The Bertz CT molecular complexity index is 682. The quantitative estimate of drug-likeness (QED) is 0.761. The van der Waals surface area contributed by atoms with E-state index in [1.165, 1.54) is 0 Å². The molecule has 1 heterocycles. The Labute approximate surface area is 106 Å². The van der Waals surface area contributed by atoms with Gasteiger partial charge in [-0.1, -0.05) is 6.07 Å². The lowest BCUT2D eigenvalue weighted by Gasteiger charge is -2.07. The van der Waals surface area contributed by atoms with Gasteiger partial charge in [-0.25, -0.2) is 4.79 Å². The smallest absolute Gasteiger partial charge is 0.383 e. The van der Waals surface area contributed by atoms with Crippen LogP contribution in [0.25, 0.3) is 5.69 Å². The number of benzene rings is 1. The summed E-state index contributed by atoms with van der Waals surface area (Å²) in [5, 5.41) is 2.82. The zero-order valence-corrected chi connectivity index (χ0v) is 9.29. The molecule has 0 spiro atoms. The average Bonchev–Trinajstić information content (AvgIpc) is 2.70. The SMILES string of the molecule is O=c1oc(C(F)(F)F)nn1-c1cccc(C(F)(F)F)c1. The molecule has 0 saturated carbocycles. The number of hydrogen-bond acceptors (Lipinski definition) is 3. The highest BCUT2D eigenvalue weighted by molar-refractivity contribution is 5.35. The van der Waals surface area contributed by atoms with Gasteiger partial charge in [-0.05, 0) is 18.2 Å². The van der Waals surface area contributed by atoms with Crippen molar-refractivity contribution in [2.24, 2.45) is 0 Å². The maximum atomic E-state index is 12.5. The summed E-state index contributed by atoms with van der Waals surface area (Å²) < 4.78 is 78.2. The van der Waals surface area contributed by atoms with Gasteiger partial charge in [-0.15, -0.1) is 5.10 Å². The Morgan fingerprint density at radius 2 is 1.70 bits per heavy atom. The van der Waals surface area contributed by atoms with Crippen LogP contribution in [0.3, 0.4) is 0 Å². The van der Waals surface area contributed by atoms with Crippen molar-refractivity contribution in [3.63, 3.8) is 0 Å². The summed E-state index contributed by atoms with van der Waals surface area (Å²) in [6.07, 6.45) is -9.71. The molecular formula is C10H4F6N2O2. The molecule has 0 unspecified atom stereocenters. The summed E-state index contributed by atoms with van der Waals surface area (Å²) in [5.74, 6) is -3.36. The molecule has 0 atom stereocenters. The lowest BCUT2D eigenvalue weighted by Crippen LogP contribution is -2.15. The number of rotatable bonds is 1. The van der Waals surface area contributed by atoms with Gasteiger partial charge in [0.1, 0.15) is 0 Å². The average molecular weight is 298 g/mol. The van der Waals surface area contributed by atoms with Crippen molar-refractivity contribution in [1.82, 2.24) is 9.78 Å². The van der Waals surface area contributed by atoms with Gasteiger partial charge in [0.15, 0.2) is 0 Å². The van der Waals surface area contributed by atoms with E-state index in [1.54, 1.807) is 0 Å². The molecule has 1 aromatic carbocycles. The van der Waals surface area contributed by atoms with Crippen molar-refractivity contribution < 1.29 is 30.8 Å². The van der Waals surface area contributed by atoms with Gasteiger partial charge in [-0.3, -0.25) is 0 Å². The van der Waals surface area contributed by atoms with Crippen molar-refractivity contribution >= 4 is 0 Å². The molecule has 2 rings (SSSR count). The summed E-state index contributed by atoms with van der Waals surface area (Å²) >= 11 is 0. The molecule has 1 aromatic heterocycles. The van der Waals surface area contributed by atoms with Gasteiger partial charge < -0.3 is 4.42 Å². The van der Waals surface area contributed by atoms with Crippen LogP contribution in [0.2, 0.25) is 0 Å². The van der Waals surface area contributed by atoms with E-state index in [0.717, 1.165) is 12.1 Å². The summed E-state index contributed by atoms with van der Waals surface area (Å²) in [4.78, 5) is 11.2. The maximum Gasteiger partial charge on any atom is 0.470 e. The predicted molar refractivity (Wildman–Crippen MR) is 52.1 cm³/mol. The van der Waals surface area contributed by atoms with E-state index in [1.807, 2.05) is 0 Å². The number of aromatic nitrogens is 2. The van der Waals surface area contributed by atoms with Crippen LogP contribution in [0.15, 0.2) is 33.5 Å².